The van der Waals surface area contributed by atoms with Crippen LogP contribution in [0.2, 0.25) is 0 Å². The maximum atomic E-state index is 13.4. The van der Waals surface area contributed by atoms with Crippen molar-refractivity contribution in [1.82, 2.24) is 9.97 Å². The quantitative estimate of drug-likeness (QED) is 0.196. The zero-order chi connectivity index (χ0) is 21.8. The first-order chi connectivity index (χ1) is 15.8. The van der Waals surface area contributed by atoms with Crippen LogP contribution in [0.5, 0.6) is 0 Å². The van der Waals surface area contributed by atoms with Crippen LogP contribution in [0.3, 0.4) is 0 Å². The molecule has 5 heteroatoms. The van der Waals surface area contributed by atoms with Crippen molar-refractivity contribution in [1.29, 1.82) is 0 Å². The van der Waals surface area contributed by atoms with Crippen LogP contribution < -0.4 is 0 Å². The van der Waals surface area contributed by atoms with Gasteiger partial charge in [0.1, 0.15) is 11.4 Å². The third-order valence-electron chi connectivity index (χ3n) is 4.96. The fourth-order valence-electron chi connectivity index (χ4n) is 3.49. The molecular weight excluding hydrogens is 592 g/mol. The number of benzene rings is 3. The molecule has 0 N–H and O–H groups in total. The number of fused-ring (bicyclic) bond motifs is 3. The topological polar surface area (TPSA) is 38.9 Å². The molecule has 6 rings (SSSR count). The number of rotatable bonds is 2. The second-order valence-corrected chi connectivity index (χ2v) is 7.04. The van der Waals surface area contributed by atoms with Crippen LogP contribution >= 0.6 is 0 Å². The number of hydrogen-bond donors (Lipinski definition) is 0. The number of furan rings is 1. The summed E-state index contributed by atoms with van der Waals surface area (Å²) in [5.74, 6) is -0.271. The number of hydrogen-bond acceptors (Lipinski definition) is 3. The van der Waals surface area contributed by atoms with Crippen LogP contribution in [0.15, 0.2) is 108 Å². The van der Waals surface area contributed by atoms with Gasteiger partial charge in [-0.1, -0.05) is 35.2 Å². The minimum absolute atomic E-state index is 0. The van der Waals surface area contributed by atoms with Gasteiger partial charge in [0, 0.05) is 37.9 Å². The SMILES string of the molecule is Fc1ccc2oc3c(-c4ccccn4)[c-]ccc3c2c1.[Ir].[c-]1ccccc1-c1ccccn1. The Morgan fingerprint density at radius 2 is 1.45 bits per heavy atom. The Bertz CT molecular complexity index is 1430. The summed E-state index contributed by atoms with van der Waals surface area (Å²) in [5.41, 5.74) is 4.94. The summed E-state index contributed by atoms with van der Waals surface area (Å²) < 4.78 is 19.3. The summed E-state index contributed by atoms with van der Waals surface area (Å²) in [6.45, 7) is 0. The molecule has 0 atom stereocenters. The molecular formula is C28H17FIrN2O-2. The van der Waals surface area contributed by atoms with E-state index >= 15 is 0 Å². The van der Waals surface area contributed by atoms with E-state index in [1.165, 1.54) is 12.1 Å². The molecule has 163 valence electrons. The smallest absolute Gasteiger partial charge is 0.124 e. The molecule has 3 aromatic heterocycles. The van der Waals surface area contributed by atoms with Crippen molar-refractivity contribution < 1.29 is 28.9 Å². The predicted octanol–water partition coefficient (Wildman–Crippen LogP) is 7.13. The Hall–Kier alpha value is -3.66. The number of aromatic nitrogens is 2. The second kappa shape index (κ2) is 10.3. The van der Waals surface area contributed by atoms with Crippen LogP contribution in [-0.2, 0) is 20.1 Å². The molecule has 1 radical (unpaired) electrons. The number of halogens is 1. The van der Waals surface area contributed by atoms with Gasteiger partial charge in [-0.3, -0.25) is 0 Å². The molecule has 0 aliphatic rings. The summed E-state index contributed by atoms with van der Waals surface area (Å²) in [5, 5.41) is 1.64. The summed E-state index contributed by atoms with van der Waals surface area (Å²) >= 11 is 0. The van der Waals surface area contributed by atoms with Crippen molar-refractivity contribution in [2.75, 3.05) is 0 Å². The van der Waals surface area contributed by atoms with E-state index in [1.807, 2.05) is 72.8 Å². The number of pyridine rings is 2. The van der Waals surface area contributed by atoms with E-state index in [0.29, 0.717) is 11.2 Å². The predicted molar refractivity (Wildman–Crippen MR) is 124 cm³/mol. The number of nitrogens with zero attached hydrogens (tertiary/aromatic N) is 2. The van der Waals surface area contributed by atoms with Crippen molar-refractivity contribution in [2.45, 2.75) is 0 Å². The minimum atomic E-state index is -0.271. The molecule has 33 heavy (non-hydrogen) atoms. The van der Waals surface area contributed by atoms with Gasteiger partial charge < -0.3 is 14.4 Å². The maximum absolute atomic E-state index is 13.4. The zero-order valence-electron chi connectivity index (χ0n) is 17.3. The Morgan fingerprint density at radius 3 is 2.15 bits per heavy atom. The molecule has 0 spiro atoms. The fraction of sp³-hybridized carbons (Fsp3) is 0. The molecule has 6 aromatic rings. The Kier molecular flexibility index (Phi) is 7.04. The van der Waals surface area contributed by atoms with Gasteiger partial charge in [0.25, 0.3) is 0 Å². The Morgan fingerprint density at radius 1 is 0.697 bits per heavy atom. The Balaban J connectivity index is 0.000000172. The van der Waals surface area contributed by atoms with Gasteiger partial charge >= 0.3 is 0 Å². The standard InChI is InChI=1S/C17H9FNO.C11H8N.Ir/c18-11-7-8-16-14(10-11)12-4-3-5-13(17(12)20-16)15-6-1-2-9-19-15;1-2-6-10(7-3-1)11-8-4-5-9-12-11;/h1-4,6-10H;1-6,8-9H;/q2*-1;. The first-order valence-corrected chi connectivity index (χ1v) is 10.1. The van der Waals surface area contributed by atoms with Gasteiger partial charge in [-0.2, -0.15) is 0 Å². The maximum Gasteiger partial charge on any atom is 0.124 e. The van der Waals surface area contributed by atoms with Crippen LogP contribution in [-0.4, -0.2) is 9.97 Å². The summed E-state index contributed by atoms with van der Waals surface area (Å²) in [6, 6.07) is 33.9. The van der Waals surface area contributed by atoms with E-state index < -0.39 is 0 Å². The molecule has 0 bridgehead atoms. The molecule has 0 saturated heterocycles. The van der Waals surface area contributed by atoms with Crippen LogP contribution in [0.4, 0.5) is 4.39 Å². The van der Waals surface area contributed by atoms with Gasteiger partial charge in [-0.05, 0) is 41.7 Å². The Labute approximate surface area is 204 Å². The first-order valence-electron chi connectivity index (χ1n) is 10.1. The fourth-order valence-corrected chi connectivity index (χ4v) is 3.49. The molecule has 0 saturated carbocycles. The van der Waals surface area contributed by atoms with Crippen LogP contribution in [0.25, 0.3) is 44.5 Å². The molecule has 0 unspecified atom stereocenters. The van der Waals surface area contributed by atoms with E-state index in [-0.39, 0.29) is 25.9 Å². The summed E-state index contributed by atoms with van der Waals surface area (Å²) in [4.78, 5) is 8.54. The van der Waals surface area contributed by atoms with Crippen molar-refractivity contribution >= 4 is 21.9 Å². The third-order valence-corrected chi connectivity index (χ3v) is 4.96. The molecule has 0 amide bonds. The largest absolute Gasteiger partial charge is 0.501 e. The van der Waals surface area contributed by atoms with Crippen molar-refractivity contribution in [3.05, 3.63) is 121 Å². The molecule has 0 fully saturated rings. The van der Waals surface area contributed by atoms with Crippen LogP contribution in [0, 0.1) is 17.9 Å². The minimum Gasteiger partial charge on any atom is -0.501 e. The molecule has 3 nitrogen and oxygen atoms in total. The average molecular weight is 609 g/mol. The first kappa shape index (κ1) is 22.5. The van der Waals surface area contributed by atoms with Crippen molar-refractivity contribution in [3.8, 4) is 22.5 Å². The van der Waals surface area contributed by atoms with E-state index in [4.69, 9.17) is 4.42 Å². The average Bonchev–Trinajstić information content (AvgIpc) is 3.24. The van der Waals surface area contributed by atoms with Gasteiger partial charge in [-0.15, -0.1) is 54.1 Å². The van der Waals surface area contributed by atoms with E-state index in [9.17, 15) is 4.39 Å². The van der Waals surface area contributed by atoms with Gasteiger partial charge in [-0.25, -0.2) is 4.39 Å². The van der Waals surface area contributed by atoms with Gasteiger partial charge in [0.05, 0.1) is 5.58 Å². The van der Waals surface area contributed by atoms with E-state index in [1.54, 1.807) is 18.5 Å². The van der Waals surface area contributed by atoms with Gasteiger partial charge in [0.15, 0.2) is 0 Å². The monoisotopic (exact) mass is 609 g/mol. The molecule has 0 aliphatic heterocycles. The normalized spacial score (nSPS) is 10.3. The van der Waals surface area contributed by atoms with Crippen molar-refractivity contribution in [2.24, 2.45) is 0 Å². The van der Waals surface area contributed by atoms with Crippen molar-refractivity contribution in [3.63, 3.8) is 0 Å². The van der Waals surface area contributed by atoms with E-state index in [2.05, 4.69) is 22.1 Å². The van der Waals surface area contributed by atoms with Gasteiger partial charge in [0.2, 0.25) is 0 Å². The van der Waals surface area contributed by atoms with E-state index in [0.717, 1.165) is 33.3 Å². The summed E-state index contributed by atoms with van der Waals surface area (Å²) in [6.07, 6.45) is 3.51. The zero-order valence-corrected chi connectivity index (χ0v) is 19.7. The molecule has 3 aromatic carbocycles. The third kappa shape index (κ3) is 4.90. The summed E-state index contributed by atoms with van der Waals surface area (Å²) in [7, 11) is 0. The molecule has 3 heterocycles. The van der Waals surface area contributed by atoms with Crippen LogP contribution in [0.1, 0.15) is 0 Å². The second-order valence-electron chi connectivity index (χ2n) is 7.04. The molecule has 0 aliphatic carbocycles.